The van der Waals surface area contributed by atoms with Crippen LogP contribution in [0.1, 0.15) is 25.0 Å². The number of hydrogen-bond donors (Lipinski definition) is 1. The molecule has 2 aromatic heterocycles. The summed E-state index contributed by atoms with van der Waals surface area (Å²) >= 11 is 0. The van der Waals surface area contributed by atoms with Crippen molar-refractivity contribution >= 4 is 11.3 Å². The summed E-state index contributed by atoms with van der Waals surface area (Å²) in [5, 5.41) is 0. The number of anilines is 1. The van der Waals surface area contributed by atoms with E-state index in [1.807, 2.05) is 22.7 Å². The van der Waals surface area contributed by atoms with E-state index in [0.717, 1.165) is 30.0 Å². The minimum absolute atomic E-state index is 0.752. The first kappa shape index (κ1) is 11.5. The lowest BCUT2D eigenvalue weighted by Crippen LogP contribution is -2.31. The van der Waals surface area contributed by atoms with E-state index in [-0.39, 0.29) is 0 Å². The molecule has 0 saturated carbocycles. The minimum atomic E-state index is 0.752. The van der Waals surface area contributed by atoms with Gasteiger partial charge < -0.3 is 15.0 Å². The fourth-order valence-electron chi connectivity index (χ4n) is 2.66. The van der Waals surface area contributed by atoms with Crippen molar-refractivity contribution < 1.29 is 0 Å². The SMILES string of the molecule is Nc1cccn2cc(CCN3CCCCC3)nc12. The van der Waals surface area contributed by atoms with Gasteiger partial charge >= 0.3 is 0 Å². The van der Waals surface area contributed by atoms with Crippen molar-refractivity contribution in [1.82, 2.24) is 14.3 Å². The zero-order valence-electron chi connectivity index (χ0n) is 10.7. The molecule has 3 heterocycles. The highest BCUT2D eigenvalue weighted by molar-refractivity contribution is 5.64. The number of nitrogen functional groups attached to an aromatic ring is 1. The van der Waals surface area contributed by atoms with Crippen LogP contribution in [0.25, 0.3) is 5.65 Å². The summed E-state index contributed by atoms with van der Waals surface area (Å²) in [4.78, 5) is 7.15. The molecule has 0 unspecified atom stereocenters. The molecule has 4 nitrogen and oxygen atoms in total. The Morgan fingerprint density at radius 2 is 2.06 bits per heavy atom. The van der Waals surface area contributed by atoms with Crippen molar-refractivity contribution in [1.29, 1.82) is 0 Å². The molecule has 0 amide bonds. The van der Waals surface area contributed by atoms with E-state index < -0.39 is 0 Å². The number of imidazole rings is 1. The molecule has 18 heavy (non-hydrogen) atoms. The largest absolute Gasteiger partial charge is 0.396 e. The molecule has 2 N–H and O–H groups in total. The van der Waals surface area contributed by atoms with Gasteiger partial charge in [-0.15, -0.1) is 0 Å². The third-order valence-electron chi connectivity index (χ3n) is 3.70. The Kier molecular flexibility index (Phi) is 3.19. The first-order valence-electron chi connectivity index (χ1n) is 6.77. The zero-order valence-corrected chi connectivity index (χ0v) is 10.7. The van der Waals surface area contributed by atoms with Gasteiger partial charge in [-0.3, -0.25) is 0 Å². The lowest BCUT2D eigenvalue weighted by molar-refractivity contribution is 0.231. The van der Waals surface area contributed by atoms with Crippen LogP contribution in [0.3, 0.4) is 0 Å². The van der Waals surface area contributed by atoms with Crippen LogP contribution in [-0.4, -0.2) is 33.9 Å². The summed E-state index contributed by atoms with van der Waals surface area (Å²) in [6, 6.07) is 3.86. The highest BCUT2D eigenvalue weighted by atomic mass is 15.1. The molecule has 0 spiro atoms. The zero-order chi connectivity index (χ0) is 12.4. The minimum Gasteiger partial charge on any atom is -0.396 e. The number of aromatic nitrogens is 2. The molecule has 1 saturated heterocycles. The Morgan fingerprint density at radius 3 is 2.83 bits per heavy atom. The van der Waals surface area contributed by atoms with Crippen LogP contribution in [-0.2, 0) is 6.42 Å². The van der Waals surface area contributed by atoms with Gasteiger partial charge in [-0.2, -0.15) is 0 Å². The van der Waals surface area contributed by atoms with Crippen LogP contribution >= 0.6 is 0 Å². The predicted molar refractivity (Wildman–Crippen MR) is 73.6 cm³/mol. The molecular weight excluding hydrogens is 224 g/mol. The summed E-state index contributed by atoms with van der Waals surface area (Å²) < 4.78 is 2.01. The van der Waals surface area contributed by atoms with Gasteiger partial charge in [0, 0.05) is 25.4 Å². The Morgan fingerprint density at radius 1 is 1.22 bits per heavy atom. The van der Waals surface area contributed by atoms with Gasteiger partial charge in [0.25, 0.3) is 0 Å². The number of piperidine rings is 1. The van der Waals surface area contributed by atoms with E-state index in [0.29, 0.717) is 0 Å². The molecule has 0 aliphatic carbocycles. The monoisotopic (exact) mass is 244 g/mol. The predicted octanol–water partition coefficient (Wildman–Crippen LogP) is 1.94. The maximum atomic E-state index is 5.91. The molecule has 3 rings (SSSR count). The molecule has 1 fully saturated rings. The Hall–Kier alpha value is -1.55. The molecule has 2 aromatic rings. The molecule has 1 aliphatic rings. The summed E-state index contributed by atoms with van der Waals surface area (Å²) in [6.45, 7) is 3.61. The maximum absolute atomic E-state index is 5.91. The van der Waals surface area contributed by atoms with Crippen molar-refractivity contribution in [3.63, 3.8) is 0 Å². The van der Waals surface area contributed by atoms with Crippen LogP contribution in [0.5, 0.6) is 0 Å². The molecule has 0 radical (unpaired) electrons. The van der Waals surface area contributed by atoms with Crippen molar-refractivity contribution in [3.05, 3.63) is 30.2 Å². The molecule has 0 atom stereocenters. The van der Waals surface area contributed by atoms with Crippen molar-refractivity contribution in [2.24, 2.45) is 0 Å². The van der Waals surface area contributed by atoms with Crippen LogP contribution in [0.4, 0.5) is 5.69 Å². The van der Waals surface area contributed by atoms with E-state index >= 15 is 0 Å². The van der Waals surface area contributed by atoms with Crippen LogP contribution in [0, 0.1) is 0 Å². The van der Waals surface area contributed by atoms with Crippen LogP contribution in [0.15, 0.2) is 24.5 Å². The Labute approximate surface area is 107 Å². The lowest BCUT2D eigenvalue weighted by Gasteiger charge is -2.25. The number of nitrogens with two attached hydrogens (primary N) is 1. The number of nitrogens with zero attached hydrogens (tertiary/aromatic N) is 3. The second-order valence-electron chi connectivity index (χ2n) is 5.08. The highest BCUT2D eigenvalue weighted by Gasteiger charge is 2.11. The summed E-state index contributed by atoms with van der Waals surface area (Å²) in [5.74, 6) is 0. The van der Waals surface area contributed by atoms with E-state index in [9.17, 15) is 0 Å². The van der Waals surface area contributed by atoms with Gasteiger partial charge in [-0.25, -0.2) is 4.98 Å². The van der Waals surface area contributed by atoms with Crippen LogP contribution < -0.4 is 5.73 Å². The average molecular weight is 244 g/mol. The first-order chi connectivity index (χ1) is 8.83. The number of hydrogen-bond acceptors (Lipinski definition) is 3. The van der Waals surface area contributed by atoms with E-state index in [2.05, 4.69) is 16.1 Å². The quantitative estimate of drug-likeness (QED) is 0.897. The highest BCUT2D eigenvalue weighted by Crippen LogP contribution is 2.14. The number of likely N-dealkylation sites (tertiary alicyclic amines) is 1. The Bertz CT molecular complexity index is 526. The van der Waals surface area contributed by atoms with E-state index in [1.54, 1.807) is 0 Å². The second kappa shape index (κ2) is 4.98. The first-order valence-corrected chi connectivity index (χ1v) is 6.77. The fourth-order valence-corrected chi connectivity index (χ4v) is 2.66. The smallest absolute Gasteiger partial charge is 0.160 e. The topological polar surface area (TPSA) is 46.6 Å². The van der Waals surface area contributed by atoms with Gasteiger partial charge in [0.2, 0.25) is 0 Å². The molecule has 0 bridgehead atoms. The number of pyridine rings is 1. The molecular formula is C14H20N4. The van der Waals surface area contributed by atoms with Crippen LogP contribution in [0.2, 0.25) is 0 Å². The van der Waals surface area contributed by atoms with Gasteiger partial charge in [-0.05, 0) is 38.1 Å². The Balaban J connectivity index is 1.69. The van der Waals surface area contributed by atoms with Crippen molar-refractivity contribution in [2.75, 3.05) is 25.4 Å². The molecule has 4 heteroatoms. The molecule has 0 aromatic carbocycles. The average Bonchev–Trinajstić information content (AvgIpc) is 2.82. The summed E-state index contributed by atoms with van der Waals surface area (Å²) in [6.07, 6.45) is 9.19. The van der Waals surface area contributed by atoms with Crippen molar-refractivity contribution in [2.45, 2.75) is 25.7 Å². The van der Waals surface area contributed by atoms with Gasteiger partial charge in [0.15, 0.2) is 5.65 Å². The normalized spacial score (nSPS) is 17.3. The molecule has 1 aliphatic heterocycles. The third kappa shape index (κ3) is 2.34. The number of rotatable bonds is 3. The summed E-state index contributed by atoms with van der Waals surface area (Å²) in [5.41, 5.74) is 8.68. The van der Waals surface area contributed by atoms with Gasteiger partial charge in [0.05, 0.1) is 11.4 Å². The standard InChI is InChI=1S/C14H20N4/c15-13-5-4-9-18-11-12(16-14(13)18)6-10-17-7-2-1-3-8-17/h4-5,9,11H,1-3,6-8,10,15H2. The second-order valence-corrected chi connectivity index (χ2v) is 5.08. The summed E-state index contributed by atoms with van der Waals surface area (Å²) in [7, 11) is 0. The number of fused-ring (bicyclic) bond motifs is 1. The lowest BCUT2D eigenvalue weighted by atomic mass is 10.1. The van der Waals surface area contributed by atoms with Gasteiger partial charge in [0.1, 0.15) is 0 Å². The van der Waals surface area contributed by atoms with Crippen molar-refractivity contribution in [3.8, 4) is 0 Å². The fraction of sp³-hybridized carbons (Fsp3) is 0.500. The van der Waals surface area contributed by atoms with E-state index in [4.69, 9.17) is 5.73 Å². The molecule has 96 valence electrons. The third-order valence-corrected chi connectivity index (χ3v) is 3.70. The van der Waals surface area contributed by atoms with E-state index in [1.165, 1.54) is 32.4 Å². The maximum Gasteiger partial charge on any atom is 0.160 e. The van der Waals surface area contributed by atoms with Gasteiger partial charge in [-0.1, -0.05) is 6.42 Å².